The second kappa shape index (κ2) is 11.5. The molecule has 0 N–H and O–H groups in total. The number of carbonyl (C=O) groups is 3. The van der Waals surface area contributed by atoms with Crippen molar-refractivity contribution in [1.29, 1.82) is 0 Å². The normalized spacial score (nSPS) is 16.3. The molecule has 3 aromatic rings. The molecule has 0 atom stereocenters. The van der Waals surface area contributed by atoms with E-state index in [1.54, 1.807) is 49.5 Å². The smallest absolute Gasteiger partial charge is 0.260 e. The van der Waals surface area contributed by atoms with Gasteiger partial charge in [0.2, 0.25) is 11.8 Å². The van der Waals surface area contributed by atoms with Gasteiger partial charge in [-0.25, -0.2) is 4.98 Å². The van der Waals surface area contributed by atoms with Crippen molar-refractivity contribution in [2.45, 2.75) is 19.3 Å². The molecule has 0 aliphatic carbocycles. The Morgan fingerprint density at radius 1 is 1.00 bits per heavy atom. The molecule has 2 fully saturated rings. The number of hydrogen-bond acceptors (Lipinski definition) is 9. The first-order chi connectivity index (χ1) is 18.5. The molecule has 38 heavy (non-hydrogen) atoms. The SMILES string of the molecule is COc1ccc(OC)c2sc(N(CCCN3CCOCC3)C(=O)c3ccc(N4C(=O)CCC4=O)cc3)nc12. The van der Waals surface area contributed by atoms with Crippen molar-refractivity contribution >= 4 is 50.1 Å². The Hall–Kier alpha value is -3.54. The highest BCUT2D eigenvalue weighted by molar-refractivity contribution is 7.22. The molecule has 2 aliphatic rings. The van der Waals surface area contributed by atoms with Crippen LogP contribution in [0.15, 0.2) is 36.4 Å². The van der Waals surface area contributed by atoms with Crippen molar-refractivity contribution in [3.8, 4) is 11.5 Å². The lowest BCUT2D eigenvalue weighted by molar-refractivity contribution is -0.121. The molecule has 5 rings (SSSR count). The Bertz CT molecular complexity index is 1280. The van der Waals surface area contributed by atoms with E-state index in [2.05, 4.69) is 4.90 Å². The summed E-state index contributed by atoms with van der Waals surface area (Å²) in [6, 6.07) is 10.2. The van der Waals surface area contributed by atoms with Crippen LogP contribution < -0.4 is 19.3 Å². The first-order valence-electron chi connectivity index (χ1n) is 12.6. The maximum atomic E-state index is 13.8. The number of aromatic nitrogens is 1. The fraction of sp³-hybridized carbons (Fsp3) is 0.407. The average Bonchev–Trinajstić information content (AvgIpc) is 3.54. The maximum Gasteiger partial charge on any atom is 0.260 e. The standard InChI is InChI=1S/C27H30N4O6S/c1-35-20-8-9-21(36-2)25-24(20)28-27(38-25)30(13-3-12-29-14-16-37-17-15-29)26(34)18-4-6-19(7-5-18)31-22(32)10-11-23(31)33/h4-9H,3,10-17H2,1-2H3. The minimum atomic E-state index is -0.226. The van der Waals surface area contributed by atoms with Gasteiger partial charge >= 0.3 is 0 Å². The second-order valence-electron chi connectivity index (χ2n) is 9.08. The number of anilines is 2. The van der Waals surface area contributed by atoms with Gasteiger partial charge in [0.25, 0.3) is 5.91 Å². The van der Waals surface area contributed by atoms with Gasteiger partial charge in [-0.1, -0.05) is 11.3 Å². The predicted molar refractivity (Wildman–Crippen MR) is 144 cm³/mol. The van der Waals surface area contributed by atoms with Crippen molar-refractivity contribution in [2.24, 2.45) is 0 Å². The van der Waals surface area contributed by atoms with Crippen molar-refractivity contribution in [3.05, 3.63) is 42.0 Å². The lowest BCUT2D eigenvalue weighted by Crippen LogP contribution is -2.39. The van der Waals surface area contributed by atoms with E-state index in [1.807, 2.05) is 6.07 Å². The molecule has 2 aromatic carbocycles. The average molecular weight is 539 g/mol. The number of imide groups is 1. The van der Waals surface area contributed by atoms with Gasteiger partial charge in [-0.15, -0.1) is 0 Å². The van der Waals surface area contributed by atoms with Crippen LogP contribution in [0.5, 0.6) is 11.5 Å². The maximum absolute atomic E-state index is 13.8. The van der Waals surface area contributed by atoms with Crippen molar-refractivity contribution in [1.82, 2.24) is 9.88 Å². The number of carbonyl (C=O) groups excluding carboxylic acids is 3. The number of hydrogen-bond donors (Lipinski definition) is 0. The molecule has 3 heterocycles. The third-order valence-electron chi connectivity index (χ3n) is 6.76. The lowest BCUT2D eigenvalue weighted by Gasteiger charge is -2.27. The molecule has 11 heteroatoms. The summed E-state index contributed by atoms with van der Waals surface area (Å²) in [4.78, 5) is 48.1. The molecule has 0 unspecified atom stereocenters. The van der Waals surface area contributed by atoms with E-state index < -0.39 is 0 Å². The van der Waals surface area contributed by atoms with Gasteiger partial charge in [0.05, 0.1) is 33.1 Å². The highest BCUT2D eigenvalue weighted by Crippen LogP contribution is 2.40. The summed E-state index contributed by atoms with van der Waals surface area (Å²) in [7, 11) is 3.19. The van der Waals surface area contributed by atoms with Crippen molar-refractivity contribution < 1.29 is 28.6 Å². The molecule has 0 bridgehead atoms. The Morgan fingerprint density at radius 3 is 2.32 bits per heavy atom. The summed E-state index contributed by atoms with van der Waals surface area (Å²) in [6.07, 6.45) is 1.17. The van der Waals surface area contributed by atoms with E-state index in [0.29, 0.717) is 53.2 Å². The van der Waals surface area contributed by atoms with E-state index >= 15 is 0 Å². The third kappa shape index (κ3) is 5.22. The number of nitrogens with zero attached hydrogens (tertiary/aromatic N) is 4. The lowest BCUT2D eigenvalue weighted by atomic mass is 10.1. The summed E-state index contributed by atoms with van der Waals surface area (Å²) in [5.74, 6) is 0.602. The van der Waals surface area contributed by atoms with Crippen LogP contribution in [0.1, 0.15) is 29.6 Å². The molecule has 0 radical (unpaired) electrons. The molecular formula is C27H30N4O6S. The molecule has 10 nitrogen and oxygen atoms in total. The van der Waals surface area contributed by atoms with Gasteiger partial charge < -0.3 is 14.2 Å². The van der Waals surface area contributed by atoms with Crippen LogP contribution in [0.4, 0.5) is 10.8 Å². The van der Waals surface area contributed by atoms with Crippen LogP contribution in [0.2, 0.25) is 0 Å². The molecular weight excluding hydrogens is 508 g/mol. The van der Waals surface area contributed by atoms with E-state index in [9.17, 15) is 14.4 Å². The Kier molecular flexibility index (Phi) is 7.87. The zero-order valence-corrected chi connectivity index (χ0v) is 22.3. The fourth-order valence-electron chi connectivity index (χ4n) is 4.72. The van der Waals surface area contributed by atoms with E-state index in [-0.39, 0.29) is 30.6 Å². The summed E-state index contributed by atoms with van der Waals surface area (Å²) in [5.41, 5.74) is 1.55. The number of rotatable bonds is 9. The highest BCUT2D eigenvalue weighted by Gasteiger charge is 2.31. The summed E-state index contributed by atoms with van der Waals surface area (Å²) >= 11 is 1.38. The van der Waals surface area contributed by atoms with Crippen LogP contribution in [0.25, 0.3) is 10.2 Å². The van der Waals surface area contributed by atoms with Crippen LogP contribution in [-0.2, 0) is 14.3 Å². The topological polar surface area (TPSA) is 102 Å². The number of amides is 3. The summed E-state index contributed by atoms with van der Waals surface area (Å²) in [6.45, 7) is 4.48. The summed E-state index contributed by atoms with van der Waals surface area (Å²) in [5, 5.41) is 0.545. The number of methoxy groups -OCH3 is 2. The fourth-order valence-corrected chi connectivity index (χ4v) is 5.82. The van der Waals surface area contributed by atoms with Gasteiger partial charge in [-0.3, -0.25) is 29.1 Å². The molecule has 1 aromatic heterocycles. The first kappa shape index (κ1) is 26.1. The van der Waals surface area contributed by atoms with E-state index in [4.69, 9.17) is 19.2 Å². The van der Waals surface area contributed by atoms with Crippen LogP contribution in [-0.4, -0.2) is 81.2 Å². The van der Waals surface area contributed by atoms with Crippen LogP contribution >= 0.6 is 11.3 Å². The van der Waals surface area contributed by atoms with Gasteiger partial charge in [0, 0.05) is 44.6 Å². The Labute approximate surface area is 224 Å². The van der Waals surface area contributed by atoms with E-state index in [1.165, 1.54) is 16.2 Å². The largest absolute Gasteiger partial charge is 0.495 e. The van der Waals surface area contributed by atoms with Gasteiger partial charge in [0.15, 0.2) is 5.13 Å². The monoisotopic (exact) mass is 538 g/mol. The quantitative estimate of drug-likeness (QED) is 0.383. The zero-order valence-electron chi connectivity index (χ0n) is 21.5. The van der Waals surface area contributed by atoms with Crippen LogP contribution in [0.3, 0.4) is 0 Å². The first-order valence-corrected chi connectivity index (χ1v) is 13.4. The number of ether oxygens (including phenoxy) is 3. The molecule has 0 saturated carbocycles. The number of morpholine rings is 1. The minimum Gasteiger partial charge on any atom is -0.495 e. The highest BCUT2D eigenvalue weighted by atomic mass is 32.1. The summed E-state index contributed by atoms with van der Waals surface area (Å²) < 4.78 is 17.3. The number of fused-ring (bicyclic) bond motifs is 1. The molecule has 200 valence electrons. The molecule has 2 aliphatic heterocycles. The number of thiazole rings is 1. The van der Waals surface area contributed by atoms with Crippen LogP contribution in [0, 0.1) is 0 Å². The van der Waals surface area contributed by atoms with Gasteiger partial charge in [0.1, 0.15) is 21.7 Å². The third-order valence-corrected chi connectivity index (χ3v) is 7.85. The van der Waals surface area contributed by atoms with Gasteiger partial charge in [-0.2, -0.15) is 0 Å². The van der Waals surface area contributed by atoms with E-state index in [0.717, 1.165) is 30.8 Å². The van der Waals surface area contributed by atoms with Crippen molar-refractivity contribution in [3.63, 3.8) is 0 Å². The van der Waals surface area contributed by atoms with Gasteiger partial charge in [-0.05, 0) is 42.8 Å². The zero-order chi connectivity index (χ0) is 26.6. The Morgan fingerprint density at radius 2 is 1.66 bits per heavy atom. The molecule has 0 spiro atoms. The molecule has 2 saturated heterocycles. The predicted octanol–water partition coefficient (Wildman–Crippen LogP) is 3.34. The molecule has 3 amide bonds. The number of benzene rings is 2. The van der Waals surface area contributed by atoms with Crippen molar-refractivity contribution in [2.75, 3.05) is 63.4 Å². The minimum absolute atomic E-state index is 0.209. The Balaban J connectivity index is 1.43. The second-order valence-corrected chi connectivity index (χ2v) is 10.1.